The summed E-state index contributed by atoms with van der Waals surface area (Å²) in [6, 6.07) is 7.48. The van der Waals surface area contributed by atoms with Crippen molar-refractivity contribution < 1.29 is 9.18 Å². The van der Waals surface area contributed by atoms with Gasteiger partial charge in [-0.1, -0.05) is 0 Å². The lowest BCUT2D eigenvalue weighted by Crippen LogP contribution is -2.49. The molecule has 0 radical (unpaired) electrons. The summed E-state index contributed by atoms with van der Waals surface area (Å²) in [5.41, 5.74) is 14.6. The number of likely N-dealkylation sites (tertiary alicyclic amines) is 1. The number of nitriles is 1. The number of aromatic nitrogens is 1. The van der Waals surface area contributed by atoms with Gasteiger partial charge in [0.1, 0.15) is 11.7 Å². The Morgan fingerprint density at radius 1 is 1.43 bits per heavy atom. The number of rotatable bonds is 7. The van der Waals surface area contributed by atoms with Crippen LogP contribution < -0.4 is 16.8 Å². The third-order valence-corrected chi connectivity index (χ3v) is 5.43. The van der Waals surface area contributed by atoms with Crippen molar-refractivity contribution in [3.05, 3.63) is 58.4 Å². The normalized spacial score (nSPS) is 20.5. The van der Waals surface area contributed by atoms with Crippen molar-refractivity contribution in [2.45, 2.75) is 19.0 Å². The number of hydrogen-bond acceptors (Lipinski definition) is 7. The second-order valence-electron chi connectivity index (χ2n) is 6.91. The van der Waals surface area contributed by atoms with Gasteiger partial charge in [-0.15, -0.1) is 11.3 Å². The minimum atomic E-state index is -0.755. The lowest BCUT2D eigenvalue weighted by molar-refractivity contribution is -0.114. The number of carbonyl (C=O) groups is 1. The highest BCUT2D eigenvalue weighted by Crippen LogP contribution is 2.20. The molecule has 2 atom stereocenters. The molecule has 3 rings (SSSR count). The van der Waals surface area contributed by atoms with E-state index in [1.807, 2.05) is 5.38 Å². The Labute approximate surface area is 177 Å². The van der Waals surface area contributed by atoms with Crippen LogP contribution in [0.3, 0.4) is 0 Å². The molecule has 1 aliphatic rings. The minimum absolute atomic E-state index is 0.00682. The number of hydrogen-bond donors (Lipinski definition) is 3. The third-order valence-electron chi connectivity index (χ3n) is 4.79. The van der Waals surface area contributed by atoms with Crippen molar-refractivity contribution in [2.75, 3.05) is 13.1 Å². The van der Waals surface area contributed by atoms with E-state index in [2.05, 4.69) is 26.3 Å². The molecule has 0 spiro atoms. The summed E-state index contributed by atoms with van der Waals surface area (Å²) in [4.78, 5) is 22.5. The Hall–Kier alpha value is -3.29. The second kappa shape index (κ2) is 9.96. The number of nitrogens with two attached hydrogens (primary N) is 2. The number of amidine groups is 1. The van der Waals surface area contributed by atoms with E-state index in [-0.39, 0.29) is 23.4 Å². The predicted molar refractivity (Wildman–Crippen MR) is 113 cm³/mol. The molecule has 1 unspecified atom stereocenters. The van der Waals surface area contributed by atoms with Crippen LogP contribution in [-0.4, -0.2) is 40.8 Å². The molecule has 0 saturated carbocycles. The van der Waals surface area contributed by atoms with E-state index in [0.717, 1.165) is 12.2 Å². The Kier molecular flexibility index (Phi) is 7.11. The molecule has 5 N–H and O–H groups in total. The molecule has 1 saturated heterocycles. The first kappa shape index (κ1) is 21.4. The summed E-state index contributed by atoms with van der Waals surface area (Å²) < 4.78 is 13.0. The maximum Gasteiger partial charge on any atom is 0.253 e. The van der Waals surface area contributed by atoms with Gasteiger partial charge in [0, 0.05) is 24.7 Å². The fraction of sp³-hybridized carbons (Fsp3) is 0.300. The van der Waals surface area contributed by atoms with Crippen LogP contribution in [0.5, 0.6) is 0 Å². The lowest BCUT2D eigenvalue weighted by atomic mass is 9.93. The van der Waals surface area contributed by atoms with Gasteiger partial charge in [0.05, 0.1) is 40.5 Å². The topological polar surface area (TPSA) is 133 Å². The minimum Gasteiger partial charge on any atom is -0.385 e. The van der Waals surface area contributed by atoms with Crippen molar-refractivity contribution in [2.24, 2.45) is 22.4 Å². The van der Waals surface area contributed by atoms with Crippen LogP contribution in [0.2, 0.25) is 0 Å². The number of benzene rings is 1. The number of nitrogens with one attached hydrogen (secondary N) is 1. The maximum absolute atomic E-state index is 13.0. The average Bonchev–Trinajstić information content (AvgIpc) is 3.23. The highest BCUT2D eigenvalue weighted by Gasteiger charge is 2.29. The van der Waals surface area contributed by atoms with Gasteiger partial charge in [-0.05, 0) is 37.2 Å². The Morgan fingerprint density at radius 2 is 2.20 bits per heavy atom. The van der Waals surface area contributed by atoms with Gasteiger partial charge in [-0.3, -0.25) is 9.69 Å². The predicted octanol–water partition coefficient (Wildman–Crippen LogP) is 1.64. The van der Waals surface area contributed by atoms with Gasteiger partial charge >= 0.3 is 0 Å². The standard InChI is InChI=1S/C20H22FN7OS/c21-14-1-3-15(4-2-14)27-19(23)17(20(24)29)8-25-18-10-28(6-5-13(18)7-22)9-16-11-30-12-26-16/h1-4,8,11-13,18,25H,5-6,9-10H2,(H2,23,27)(H2,24,29)/b17-8+/t13-,18?/m0/s1. The molecule has 2 heterocycles. The number of nitrogens with zero attached hydrogens (tertiary/aromatic N) is 4. The van der Waals surface area contributed by atoms with Crippen LogP contribution in [0.25, 0.3) is 0 Å². The molecule has 1 fully saturated rings. The zero-order chi connectivity index (χ0) is 21.5. The number of amides is 1. The summed E-state index contributed by atoms with van der Waals surface area (Å²) >= 11 is 1.54. The molecule has 156 valence electrons. The van der Waals surface area contributed by atoms with Crippen molar-refractivity contribution in [1.82, 2.24) is 15.2 Å². The van der Waals surface area contributed by atoms with Gasteiger partial charge in [-0.2, -0.15) is 5.26 Å². The molecule has 8 nitrogen and oxygen atoms in total. The van der Waals surface area contributed by atoms with Crippen molar-refractivity contribution in [1.29, 1.82) is 5.26 Å². The number of aliphatic imine (C=N–C) groups is 1. The van der Waals surface area contributed by atoms with E-state index in [4.69, 9.17) is 11.5 Å². The van der Waals surface area contributed by atoms with E-state index in [9.17, 15) is 14.4 Å². The van der Waals surface area contributed by atoms with Gasteiger partial charge in [0.2, 0.25) is 0 Å². The van der Waals surface area contributed by atoms with Crippen molar-refractivity contribution in [3.8, 4) is 6.07 Å². The molecule has 10 heteroatoms. The molecular formula is C20H22FN7OS. The van der Waals surface area contributed by atoms with Crippen molar-refractivity contribution in [3.63, 3.8) is 0 Å². The average molecular weight is 428 g/mol. The van der Waals surface area contributed by atoms with Crippen LogP contribution in [-0.2, 0) is 11.3 Å². The van der Waals surface area contributed by atoms with Crippen LogP contribution in [0.4, 0.5) is 10.1 Å². The van der Waals surface area contributed by atoms with Gasteiger partial charge in [-0.25, -0.2) is 14.4 Å². The Morgan fingerprint density at radius 3 is 2.83 bits per heavy atom. The van der Waals surface area contributed by atoms with Gasteiger partial charge in [0.15, 0.2) is 0 Å². The number of piperidine rings is 1. The Balaban J connectivity index is 1.73. The molecule has 1 aliphatic heterocycles. The summed E-state index contributed by atoms with van der Waals surface area (Å²) in [7, 11) is 0. The molecular weight excluding hydrogens is 405 g/mol. The lowest BCUT2D eigenvalue weighted by Gasteiger charge is -2.35. The van der Waals surface area contributed by atoms with E-state index in [1.165, 1.54) is 30.5 Å². The molecule has 0 bridgehead atoms. The monoisotopic (exact) mass is 427 g/mol. The smallest absolute Gasteiger partial charge is 0.253 e. The summed E-state index contributed by atoms with van der Waals surface area (Å²) in [5.74, 6) is -1.47. The van der Waals surface area contributed by atoms with E-state index in [1.54, 1.807) is 16.8 Å². The first-order valence-electron chi connectivity index (χ1n) is 9.31. The maximum atomic E-state index is 13.0. The molecule has 2 aromatic rings. The highest BCUT2D eigenvalue weighted by molar-refractivity contribution is 7.07. The van der Waals surface area contributed by atoms with Crippen LogP contribution in [0.15, 0.2) is 51.9 Å². The van der Waals surface area contributed by atoms with Crippen LogP contribution in [0, 0.1) is 23.1 Å². The summed E-state index contributed by atoms with van der Waals surface area (Å²) in [5, 5.41) is 14.6. The molecule has 0 aliphatic carbocycles. The van der Waals surface area contributed by atoms with E-state index in [0.29, 0.717) is 25.2 Å². The Bertz CT molecular complexity index is 966. The first-order valence-corrected chi connectivity index (χ1v) is 10.3. The molecule has 1 aromatic carbocycles. The fourth-order valence-electron chi connectivity index (χ4n) is 3.21. The summed E-state index contributed by atoms with van der Waals surface area (Å²) in [6.07, 6.45) is 2.10. The highest BCUT2D eigenvalue weighted by atomic mass is 32.1. The first-order chi connectivity index (χ1) is 14.5. The van der Waals surface area contributed by atoms with Gasteiger partial charge < -0.3 is 16.8 Å². The number of carbonyl (C=O) groups excluding carboxylic acids is 1. The van der Waals surface area contributed by atoms with E-state index < -0.39 is 11.7 Å². The molecule has 30 heavy (non-hydrogen) atoms. The number of halogens is 1. The molecule has 1 amide bonds. The SMILES string of the molecule is N#C[C@@H]1CCN(Cc2cscn2)CC1N/C=C(/C(N)=O)C(N)=Nc1ccc(F)cc1. The fourth-order valence-corrected chi connectivity index (χ4v) is 3.76. The van der Waals surface area contributed by atoms with Crippen molar-refractivity contribution >= 4 is 28.8 Å². The summed E-state index contributed by atoms with van der Waals surface area (Å²) in [6.45, 7) is 2.09. The van der Waals surface area contributed by atoms with Crippen LogP contribution in [0.1, 0.15) is 12.1 Å². The zero-order valence-electron chi connectivity index (χ0n) is 16.2. The quantitative estimate of drug-likeness (QED) is 0.349. The zero-order valence-corrected chi connectivity index (χ0v) is 17.0. The number of thiazole rings is 1. The largest absolute Gasteiger partial charge is 0.385 e. The third kappa shape index (κ3) is 5.62. The van der Waals surface area contributed by atoms with Crippen LogP contribution >= 0.6 is 11.3 Å². The van der Waals surface area contributed by atoms with Gasteiger partial charge in [0.25, 0.3) is 5.91 Å². The second-order valence-corrected chi connectivity index (χ2v) is 7.63. The molecule has 1 aromatic heterocycles. The van der Waals surface area contributed by atoms with E-state index >= 15 is 0 Å². The number of primary amides is 1.